The maximum atomic E-state index is 13.3. The van der Waals surface area contributed by atoms with Crippen molar-refractivity contribution in [3.63, 3.8) is 0 Å². The minimum atomic E-state index is -0.373. The average Bonchev–Trinajstić information content (AvgIpc) is 2.66. The molecular weight excluding hydrogens is 181 g/mol. The van der Waals surface area contributed by atoms with E-state index < -0.39 is 0 Å². The minimum Gasteiger partial charge on any atom is -0.288 e. The molecule has 1 aromatic carbocycles. The number of para-hydroxylation sites is 1. The van der Waals surface area contributed by atoms with Crippen molar-refractivity contribution in [1.29, 1.82) is 5.26 Å². The Bertz CT molecular complexity index is 496. The SMILES string of the molecule is N#Cc1nccn1-c1ccccc1F. The molecule has 0 fully saturated rings. The molecule has 0 saturated carbocycles. The first kappa shape index (κ1) is 8.45. The summed E-state index contributed by atoms with van der Waals surface area (Å²) in [6.45, 7) is 0. The highest BCUT2D eigenvalue weighted by Crippen LogP contribution is 2.13. The third-order valence-electron chi connectivity index (χ3n) is 1.85. The third kappa shape index (κ3) is 1.25. The van der Waals surface area contributed by atoms with Crippen LogP contribution in [0.1, 0.15) is 5.82 Å². The fraction of sp³-hybridized carbons (Fsp3) is 0. The molecule has 68 valence electrons. The van der Waals surface area contributed by atoms with E-state index in [4.69, 9.17) is 5.26 Å². The number of halogens is 1. The summed E-state index contributed by atoms with van der Waals surface area (Å²) in [5.74, 6) is -0.197. The smallest absolute Gasteiger partial charge is 0.217 e. The van der Waals surface area contributed by atoms with Gasteiger partial charge in [-0.05, 0) is 12.1 Å². The van der Waals surface area contributed by atoms with Gasteiger partial charge in [-0.25, -0.2) is 9.37 Å². The van der Waals surface area contributed by atoms with Crippen molar-refractivity contribution in [3.05, 3.63) is 48.3 Å². The second-order valence-electron chi connectivity index (χ2n) is 2.68. The fourth-order valence-electron chi connectivity index (χ4n) is 1.23. The quantitative estimate of drug-likeness (QED) is 0.684. The maximum Gasteiger partial charge on any atom is 0.217 e. The van der Waals surface area contributed by atoms with Crippen molar-refractivity contribution < 1.29 is 4.39 Å². The van der Waals surface area contributed by atoms with Crippen LogP contribution in [-0.2, 0) is 0 Å². The second kappa shape index (κ2) is 3.30. The van der Waals surface area contributed by atoms with Gasteiger partial charge in [0.1, 0.15) is 11.9 Å². The predicted octanol–water partition coefficient (Wildman–Crippen LogP) is 1.88. The van der Waals surface area contributed by atoms with Crippen LogP contribution in [0.4, 0.5) is 4.39 Å². The van der Waals surface area contributed by atoms with Crippen LogP contribution in [-0.4, -0.2) is 9.55 Å². The topological polar surface area (TPSA) is 41.6 Å². The van der Waals surface area contributed by atoms with E-state index in [1.165, 1.54) is 16.8 Å². The molecule has 0 N–H and O–H groups in total. The Morgan fingerprint density at radius 3 is 2.86 bits per heavy atom. The van der Waals surface area contributed by atoms with Crippen molar-refractivity contribution in [2.45, 2.75) is 0 Å². The van der Waals surface area contributed by atoms with E-state index in [0.29, 0.717) is 5.69 Å². The fourth-order valence-corrected chi connectivity index (χ4v) is 1.23. The van der Waals surface area contributed by atoms with Crippen LogP contribution in [0.2, 0.25) is 0 Å². The largest absolute Gasteiger partial charge is 0.288 e. The number of nitrogens with zero attached hydrogens (tertiary/aromatic N) is 3. The lowest BCUT2D eigenvalue weighted by Gasteiger charge is -2.03. The minimum absolute atomic E-state index is 0.176. The Kier molecular flexibility index (Phi) is 1.99. The molecular formula is C10H6FN3. The summed E-state index contributed by atoms with van der Waals surface area (Å²) in [5.41, 5.74) is 0.335. The molecule has 0 aliphatic rings. The zero-order valence-corrected chi connectivity index (χ0v) is 7.18. The van der Waals surface area contributed by atoms with Gasteiger partial charge in [0.15, 0.2) is 0 Å². The van der Waals surface area contributed by atoms with Crippen LogP contribution in [0.25, 0.3) is 5.69 Å². The molecule has 0 radical (unpaired) electrons. The molecule has 3 nitrogen and oxygen atoms in total. The molecule has 1 aromatic heterocycles. The molecule has 0 spiro atoms. The summed E-state index contributed by atoms with van der Waals surface area (Å²) in [5, 5.41) is 8.70. The molecule has 0 aliphatic heterocycles. The van der Waals surface area contributed by atoms with Gasteiger partial charge in [-0.1, -0.05) is 12.1 Å². The lowest BCUT2D eigenvalue weighted by atomic mass is 10.3. The van der Waals surface area contributed by atoms with Gasteiger partial charge < -0.3 is 0 Å². The molecule has 0 atom stereocenters. The summed E-state index contributed by atoms with van der Waals surface area (Å²) < 4.78 is 14.7. The summed E-state index contributed by atoms with van der Waals surface area (Å²) in [7, 11) is 0. The van der Waals surface area contributed by atoms with Crippen LogP contribution < -0.4 is 0 Å². The van der Waals surface area contributed by atoms with Gasteiger partial charge in [0.2, 0.25) is 5.82 Å². The monoisotopic (exact) mass is 187 g/mol. The number of hydrogen-bond acceptors (Lipinski definition) is 2. The maximum absolute atomic E-state index is 13.3. The van der Waals surface area contributed by atoms with Gasteiger partial charge in [0.25, 0.3) is 0 Å². The zero-order chi connectivity index (χ0) is 9.97. The summed E-state index contributed by atoms with van der Waals surface area (Å²) in [4.78, 5) is 3.79. The molecule has 0 unspecified atom stereocenters. The lowest BCUT2D eigenvalue weighted by molar-refractivity contribution is 0.617. The summed E-state index contributed by atoms with van der Waals surface area (Å²) in [6, 6.07) is 8.13. The predicted molar refractivity (Wildman–Crippen MR) is 48.2 cm³/mol. The highest BCUT2D eigenvalue weighted by atomic mass is 19.1. The molecule has 0 amide bonds. The van der Waals surface area contributed by atoms with Crippen molar-refractivity contribution in [3.8, 4) is 11.8 Å². The molecule has 4 heteroatoms. The molecule has 0 bridgehead atoms. The number of benzene rings is 1. The standard InChI is InChI=1S/C10H6FN3/c11-8-3-1-2-4-9(8)14-6-5-13-10(14)7-12/h1-6H. The van der Waals surface area contributed by atoms with Crippen LogP contribution in [0, 0.1) is 17.1 Å². The first-order chi connectivity index (χ1) is 6.83. The summed E-state index contributed by atoms with van der Waals surface area (Å²) in [6.07, 6.45) is 3.02. The van der Waals surface area contributed by atoms with Crippen molar-refractivity contribution in [1.82, 2.24) is 9.55 Å². The van der Waals surface area contributed by atoms with Crippen LogP contribution in [0.3, 0.4) is 0 Å². The van der Waals surface area contributed by atoms with Crippen LogP contribution in [0.15, 0.2) is 36.7 Å². The zero-order valence-electron chi connectivity index (χ0n) is 7.18. The number of imidazole rings is 1. The van der Waals surface area contributed by atoms with Gasteiger partial charge in [0.05, 0.1) is 5.69 Å². The lowest BCUT2D eigenvalue weighted by Crippen LogP contribution is -1.98. The average molecular weight is 187 g/mol. The normalized spacial score (nSPS) is 9.71. The highest BCUT2D eigenvalue weighted by molar-refractivity contribution is 5.36. The van der Waals surface area contributed by atoms with E-state index in [1.807, 2.05) is 6.07 Å². The Morgan fingerprint density at radius 1 is 1.36 bits per heavy atom. The van der Waals surface area contributed by atoms with E-state index in [2.05, 4.69) is 4.98 Å². The molecule has 1 heterocycles. The third-order valence-corrected chi connectivity index (χ3v) is 1.85. The highest BCUT2D eigenvalue weighted by Gasteiger charge is 2.07. The number of aromatic nitrogens is 2. The molecule has 14 heavy (non-hydrogen) atoms. The molecule has 2 aromatic rings. The van der Waals surface area contributed by atoms with E-state index in [0.717, 1.165) is 0 Å². The number of nitriles is 1. The second-order valence-corrected chi connectivity index (χ2v) is 2.68. The molecule has 0 saturated heterocycles. The Balaban J connectivity index is 2.62. The first-order valence-electron chi connectivity index (χ1n) is 4.01. The van der Waals surface area contributed by atoms with E-state index in [-0.39, 0.29) is 11.6 Å². The Hall–Kier alpha value is -2.15. The molecule has 2 rings (SSSR count). The van der Waals surface area contributed by atoms with Gasteiger partial charge in [-0.15, -0.1) is 0 Å². The van der Waals surface area contributed by atoms with E-state index >= 15 is 0 Å². The Labute approximate surface area is 80.1 Å². The van der Waals surface area contributed by atoms with Gasteiger partial charge in [-0.3, -0.25) is 4.57 Å². The first-order valence-corrected chi connectivity index (χ1v) is 4.01. The van der Waals surface area contributed by atoms with Crippen molar-refractivity contribution in [2.24, 2.45) is 0 Å². The van der Waals surface area contributed by atoms with E-state index in [9.17, 15) is 4.39 Å². The molecule has 0 aliphatic carbocycles. The number of rotatable bonds is 1. The van der Waals surface area contributed by atoms with Gasteiger partial charge in [-0.2, -0.15) is 5.26 Å². The van der Waals surface area contributed by atoms with Crippen LogP contribution >= 0.6 is 0 Å². The van der Waals surface area contributed by atoms with Gasteiger partial charge >= 0.3 is 0 Å². The van der Waals surface area contributed by atoms with E-state index in [1.54, 1.807) is 24.4 Å². The van der Waals surface area contributed by atoms with Crippen molar-refractivity contribution >= 4 is 0 Å². The Morgan fingerprint density at radius 2 is 2.14 bits per heavy atom. The summed E-state index contributed by atoms with van der Waals surface area (Å²) >= 11 is 0. The van der Waals surface area contributed by atoms with Crippen molar-refractivity contribution in [2.75, 3.05) is 0 Å². The van der Waals surface area contributed by atoms with Gasteiger partial charge in [0, 0.05) is 12.4 Å². The van der Waals surface area contributed by atoms with Crippen LogP contribution in [0.5, 0.6) is 0 Å². The number of hydrogen-bond donors (Lipinski definition) is 0.